The van der Waals surface area contributed by atoms with Gasteiger partial charge in [0.05, 0.1) is 19.3 Å². The average molecular weight is 308 g/mol. The Morgan fingerprint density at radius 3 is 2.32 bits per heavy atom. The second-order valence-electron chi connectivity index (χ2n) is 5.80. The third-order valence-corrected chi connectivity index (χ3v) is 4.05. The topological polar surface area (TPSA) is 56.2 Å². The van der Waals surface area contributed by atoms with E-state index in [2.05, 4.69) is 16.7 Å². The van der Waals surface area contributed by atoms with Crippen LogP contribution in [-0.2, 0) is 0 Å². The van der Waals surface area contributed by atoms with Crippen molar-refractivity contribution in [1.82, 2.24) is 9.80 Å². The fraction of sp³-hybridized carbons (Fsp3) is 0.647. The van der Waals surface area contributed by atoms with Gasteiger partial charge in [0.15, 0.2) is 0 Å². The Kier molecular flexibility index (Phi) is 7.12. The van der Waals surface area contributed by atoms with E-state index in [0.717, 1.165) is 57.1 Å². The summed E-state index contributed by atoms with van der Waals surface area (Å²) >= 11 is 0. The molecular weight excluding hydrogens is 280 g/mol. The molecule has 124 valence electrons. The minimum Gasteiger partial charge on any atom is -0.494 e. The van der Waals surface area contributed by atoms with Gasteiger partial charge < -0.3 is 14.9 Å². The number of benzene rings is 1. The average Bonchev–Trinajstić information content (AvgIpc) is 2.55. The standard InChI is InChI=1S/C17H28N2O3/c1-2-13-22-16-5-3-15(4-6-16)17(21)14-19-9-7-18(8-10-19)11-12-20/h3-6,17,20-21H,2,7-14H2,1H3. The fourth-order valence-electron chi connectivity index (χ4n) is 2.69. The summed E-state index contributed by atoms with van der Waals surface area (Å²) in [6.45, 7) is 8.21. The van der Waals surface area contributed by atoms with Crippen molar-refractivity contribution in [2.45, 2.75) is 19.4 Å². The first-order valence-corrected chi connectivity index (χ1v) is 8.19. The van der Waals surface area contributed by atoms with Crippen molar-refractivity contribution in [2.75, 3.05) is 52.5 Å². The second kappa shape index (κ2) is 9.10. The number of piperazine rings is 1. The van der Waals surface area contributed by atoms with E-state index in [9.17, 15) is 5.11 Å². The summed E-state index contributed by atoms with van der Waals surface area (Å²) in [5, 5.41) is 19.3. The second-order valence-corrected chi connectivity index (χ2v) is 5.80. The molecule has 22 heavy (non-hydrogen) atoms. The molecule has 1 heterocycles. The van der Waals surface area contributed by atoms with Crippen molar-refractivity contribution < 1.29 is 14.9 Å². The number of aliphatic hydroxyl groups excluding tert-OH is 2. The van der Waals surface area contributed by atoms with Crippen LogP contribution < -0.4 is 4.74 Å². The highest BCUT2D eigenvalue weighted by Crippen LogP contribution is 2.19. The Labute approximate surface area is 133 Å². The lowest BCUT2D eigenvalue weighted by Gasteiger charge is -2.35. The fourth-order valence-corrected chi connectivity index (χ4v) is 2.69. The molecule has 2 rings (SSSR count). The Bertz CT molecular complexity index is 416. The Hall–Kier alpha value is -1.14. The number of hydrogen-bond donors (Lipinski definition) is 2. The third kappa shape index (κ3) is 5.25. The highest BCUT2D eigenvalue weighted by molar-refractivity contribution is 5.28. The summed E-state index contributed by atoms with van der Waals surface area (Å²) in [6, 6.07) is 7.73. The Balaban J connectivity index is 1.78. The van der Waals surface area contributed by atoms with Crippen molar-refractivity contribution in [3.63, 3.8) is 0 Å². The van der Waals surface area contributed by atoms with E-state index < -0.39 is 6.10 Å². The molecule has 1 aromatic carbocycles. The van der Waals surface area contributed by atoms with Gasteiger partial charge in [0.25, 0.3) is 0 Å². The summed E-state index contributed by atoms with van der Waals surface area (Å²) in [6.07, 6.45) is 0.525. The van der Waals surface area contributed by atoms with Gasteiger partial charge in [-0.25, -0.2) is 0 Å². The number of ether oxygens (including phenoxy) is 1. The van der Waals surface area contributed by atoms with E-state index >= 15 is 0 Å². The maximum atomic E-state index is 10.4. The number of aliphatic hydroxyl groups is 2. The Morgan fingerprint density at radius 2 is 1.73 bits per heavy atom. The van der Waals surface area contributed by atoms with Crippen LogP contribution in [0.5, 0.6) is 5.75 Å². The van der Waals surface area contributed by atoms with E-state index in [-0.39, 0.29) is 6.61 Å². The normalized spacial score (nSPS) is 18.3. The molecule has 1 unspecified atom stereocenters. The van der Waals surface area contributed by atoms with E-state index in [1.165, 1.54) is 0 Å². The smallest absolute Gasteiger partial charge is 0.119 e. The monoisotopic (exact) mass is 308 g/mol. The molecule has 0 aliphatic carbocycles. The largest absolute Gasteiger partial charge is 0.494 e. The molecule has 0 aromatic heterocycles. The lowest BCUT2D eigenvalue weighted by molar-refractivity contribution is 0.0661. The van der Waals surface area contributed by atoms with Gasteiger partial charge in [0.1, 0.15) is 5.75 Å². The van der Waals surface area contributed by atoms with E-state index in [1.807, 2.05) is 24.3 Å². The predicted octanol–water partition coefficient (Wildman–Crippen LogP) is 1.12. The minimum absolute atomic E-state index is 0.217. The van der Waals surface area contributed by atoms with Crippen LogP contribution in [0.3, 0.4) is 0 Å². The number of hydrogen-bond acceptors (Lipinski definition) is 5. The van der Waals surface area contributed by atoms with Gasteiger partial charge in [-0.1, -0.05) is 19.1 Å². The van der Waals surface area contributed by atoms with Crippen molar-refractivity contribution in [2.24, 2.45) is 0 Å². The van der Waals surface area contributed by atoms with Crippen LogP contribution in [0, 0.1) is 0 Å². The quantitative estimate of drug-likeness (QED) is 0.754. The summed E-state index contributed by atoms with van der Waals surface area (Å²) in [5.74, 6) is 0.857. The molecular formula is C17H28N2O3. The highest BCUT2D eigenvalue weighted by Gasteiger charge is 2.19. The maximum Gasteiger partial charge on any atom is 0.119 e. The predicted molar refractivity (Wildman–Crippen MR) is 87.2 cm³/mol. The van der Waals surface area contributed by atoms with Gasteiger partial charge in [-0.3, -0.25) is 9.80 Å². The number of rotatable bonds is 8. The molecule has 0 bridgehead atoms. The van der Waals surface area contributed by atoms with Gasteiger partial charge in [-0.2, -0.15) is 0 Å². The summed E-state index contributed by atoms with van der Waals surface area (Å²) in [5.41, 5.74) is 0.932. The zero-order chi connectivity index (χ0) is 15.8. The van der Waals surface area contributed by atoms with Crippen LogP contribution in [0.4, 0.5) is 0 Å². The molecule has 0 amide bonds. The maximum absolute atomic E-state index is 10.4. The first kappa shape index (κ1) is 17.2. The zero-order valence-corrected chi connectivity index (χ0v) is 13.4. The molecule has 1 fully saturated rings. The number of nitrogens with zero attached hydrogens (tertiary/aromatic N) is 2. The molecule has 1 aliphatic rings. The lowest BCUT2D eigenvalue weighted by Crippen LogP contribution is -2.48. The molecule has 1 atom stereocenters. The lowest BCUT2D eigenvalue weighted by atomic mass is 10.1. The molecule has 1 saturated heterocycles. The number of β-amino-alcohol motifs (C(OH)–C–C–N with tert-alkyl or cyclic N) is 2. The van der Waals surface area contributed by atoms with E-state index in [1.54, 1.807) is 0 Å². The van der Waals surface area contributed by atoms with Crippen LogP contribution in [0.1, 0.15) is 25.0 Å². The molecule has 0 saturated carbocycles. The molecule has 0 spiro atoms. The van der Waals surface area contributed by atoms with Crippen LogP contribution in [0.15, 0.2) is 24.3 Å². The van der Waals surface area contributed by atoms with E-state index in [0.29, 0.717) is 6.54 Å². The van der Waals surface area contributed by atoms with Crippen LogP contribution >= 0.6 is 0 Å². The third-order valence-electron chi connectivity index (χ3n) is 4.05. The van der Waals surface area contributed by atoms with Crippen LogP contribution in [-0.4, -0.2) is 72.5 Å². The summed E-state index contributed by atoms with van der Waals surface area (Å²) < 4.78 is 5.56. The SMILES string of the molecule is CCCOc1ccc(C(O)CN2CCN(CCO)CC2)cc1. The zero-order valence-electron chi connectivity index (χ0n) is 13.4. The molecule has 0 radical (unpaired) electrons. The van der Waals surface area contributed by atoms with Crippen LogP contribution in [0.25, 0.3) is 0 Å². The molecule has 5 heteroatoms. The van der Waals surface area contributed by atoms with Gasteiger partial charge in [0, 0.05) is 39.3 Å². The summed E-state index contributed by atoms with van der Waals surface area (Å²) in [4.78, 5) is 4.53. The minimum atomic E-state index is -0.468. The van der Waals surface area contributed by atoms with Crippen molar-refractivity contribution in [1.29, 1.82) is 0 Å². The van der Waals surface area contributed by atoms with Gasteiger partial charge in [0.2, 0.25) is 0 Å². The van der Waals surface area contributed by atoms with Gasteiger partial charge in [-0.15, -0.1) is 0 Å². The highest BCUT2D eigenvalue weighted by atomic mass is 16.5. The van der Waals surface area contributed by atoms with Crippen molar-refractivity contribution >= 4 is 0 Å². The molecule has 1 aromatic rings. The summed E-state index contributed by atoms with van der Waals surface area (Å²) in [7, 11) is 0. The Morgan fingerprint density at radius 1 is 1.09 bits per heavy atom. The van der Waals surface area contributed by atoms with Crippen molar-refractivity contribution in [3.05, 3.63) is 29.8 Å². The molecule has 1 aliphatic heterocycles. The van der Waals surface area contributed by atoms with Crippen molar-refractivity contribution in [3.8, 4) is 5.75 Å². The van der Waals surface area contributed by atoms with Gasteiger partial charge >= 0.3 is 0 Å². The molecule has 2 N–H and O–H groups in total. The molecule has 5 nitrogen and oxygen atoms in total. The first-order valence-electron chi connectivity index (χ1n) is 8.19. The van der Waals surface area contributed by atoms with Gasteiger partial charge in [-0.05, 0) is 24.1 Å². The first-order chi connectivity index (χ1) is 10.7. The van der Waals surface area contributed by atoms with Crippen LogP contribution in [0.2, 0.25) is 0 Å². The van der Waals surface area contributed by atoms with E-state index in [4.69, 9.17) is 9.84 Å².